The van der Waals surface area contributed by atoms with Crippen molar-refractivity contribution in [1.82, 2.24) is 0 Å². The molecule has 1 aromatic rings. The van der Waals surface area contributed by atoms with Crippen LogP contribution in [0.15, 0.2) is 28.7 Å². The van der Waals surface area contributed by atoms with Crippen LogP contribution < -0.4 is 5.32 Å². The molecule has 1 rings (SSSR count). The molecule has 0 fully saturated rings. The maximum atomic E-state index is 9.43. The predicted octanol–water partition coefficient (Wildman–Crippen LogP) is 3.66. The second kappa shape index (κ2) is 6.92. The molecule has 16 heavy (non-hydrogen) atoms. The van der Waals surface area contributed by atoms with Crippen LogP contribution in [0.2, 0.25) is 0 Å². The molecule has 2 nitrogen and oxygen atoms in total. The smallest absolute Gasteiger partial charge is 0.0635 e. The lowest BCUT2D eigenvalue weighted by Gasteiger charge is -2.26. The van der Waals surface area contributed by atoms with Crippen molar-refractivity contribution >= 4 is 21.6 Å². The van der Waals surface area contributed by atoms with E-state index in [0.717, 1.165) is 23.0 Å². The van der Waals surface area contributed by atoms with Gasteiger partial charge < -0.3 is 10.4 Å². The summed E-state index contributed by atoms with van der Waals surface area (Å²) in [7, 11) is 0. The van der Waals surface area contributed by atoms with Gasteiger partial charge >= 0.3 is 0 Å². The first kappa shape index (κ1) is 13.5. The molecule has 1 atom stereocenters. The van der Waals surface area contributed by atoms with Gasteiger partial charge in [0, 0.05) is 10.2 Å². The van der Waals surface area contributed by atoms with Crippen LogP contribution in [0, 0.1) is 5.92 Å². The first-order valence-corrected chi connectivity index (χ1v) is 6.64. The molecule has 1 aromatic carbocycles. The maximum Gasteiger partial charge on any atom is 0.0635 e. The van der Waals surface area contributed by atoms with Crippen LogP contribution in [0.25, 0.3) is 0 Å². The summed E-state index contributed by atoms with van der Waals surface area (Å²) in [5, 5.41) is 12.8. The van der Waals surface area contributed by atoms with Crippen LogP contribution in [-0.2, 0) is 0 Å². The van der Waals surface area contributed by atoms with Crippen molar-refractivity contribution < 1.29 is 5.11 Å². The summed E-state index contributed by atoms with van der Waals surface area (Å²) in [5.74, 6) is 0.511. The van der Waals surface area contributed by atoms with Crippen molar-refractivity contribution in [3.63, 3.8) is 0 Å². The standard InChI is InChI=1S/C13H20BrNO/c1-3-10(4-2)13(9-16)15-12-8-6-5-7-11(12)14/h5-8,10,13,15-16H,3-4,9H2,1-2H3. The van der Waals surface area contributed by atoms with Crippen LogP contribution in [0.1, 0.15) is 26.7 Å². The molecule has 0 radical (unpaired) electrons. The summed E-state index contributed by atoms with van der Waals surface area (Å²) < 4.78 is 1.04. The minimum absolute atomic E-state index is 0.133. The third kappa shape index (κ3) is 3.49. The summed E-state index contributed by atoms with van der Waals surface area (Å²) in [6.45, 7) is 4.50. The molecule has 0 amide bonds. The highest BCUT2D eigenvalue weighted by molar-refractivity contribution is 9.10. The largest absolute Gasteiger partial charge is 0.394 e. The topological polar surface area (TPSA) is 32.3 Å². The fourth-order valence-corrected chi connectivity index (χ4v) is 2.35. The Bertz CT molecular complexity index is 313. The van der Waals surface area contributed by atoms with Gasteiger partial charge in [0.25, 0.3) is 0 Å². The lowest BCUT2D eigenvalue weighted by molar-refractivity contribution is 0.231. The zero-order chi connectivity index (χ0) is 12.0. The SMILES string of the molecule is CCC(CC)C(CO)Nc1ccccc1Br. The number of nitrogens with one attached hydrogen (secondary N) is 1. The molecule has 0 saturated carbocycles. The van der Waals surface area contributed by atoms with E-state index in [1.165, 1.54) is 0 Å². The normalized spacial score (nSPS) is 12.8. The van der Waals surface area contributed by atoms with E-state index < -0.39 is 0 Å². The van der Waals surface area contributed by atoms with E-state index in [2.05, 4.69) is 35.1 Å². The number of rotatable bonds is 6. The lowest BCUT2D eigenvalue weighted by Crippen LogP contribution is -2.32. The molecule has 0 saturated heterocycles. The maximum absolute atomic E-state index is 9.43. The molecule has 90 valence electrons. The van der Waals surface area contributed by atoms with Gasteiger partial charge in [-0.15, -0.1) is 0 Å². The van der Waals surface area contributed by atoms with E-state index in [9.17, 15) is 5.11 Å². The van der Waals surface area contributed by atoms with E-state index in [-0.39, 0.29) is 12.6 Å². The number of anilines is 1. The Kier molecular flexibility index (Phi) is 5.85. The molecule has 0 aliphatic heterocycles. The predicted molar refractivity (Wildman–Crippen MR) is 72.7 cm³/mol. The number of halogens is 1. The Morgan fingerprint density at radius 1 is 1.25 bits per heavy atom. The van der Waals surface area contributed by atoms with E-state index >= 15 is 0 Å². The molecule has 0 spiro atoms. The first-order valence-electron chi connectivity index (χ1n) is 5.84. The lowest BCUT2D eigenvalue weighted by atomic mass is 9.94. The van der Waals surface area contributed by atoms with Gasteiger partial charge in [-0.25, -0.2) is 0 Å². The highest BCUT2D eigenvalue weighted by Crippen LogP contribution is 2.24. The van der Waals surface area contributed by atoms with Crippen molar-refractivity contribution in [2.24, 2.45) is 5.92 Å². The average molecular weight is 286 g/mol. The van der Waals surface area contributed by atoms with Crippen LogP contribution in [0.4, 0.5) is 5.69 Å². The molecule has 0 aliphatic rings. The van der Waals surface area contributed by atoms with Gasteiger partial charge in [-0.1, -0.05) is 38.8 Å². The first-order chi connectivity index (χ1) is 7.72. The van der Waals surface area contributed by atoms with E-state index in [1.54, 1.807) is 0 Å². The fourth-order valence-electron chi connectivity index (χ4n) is 1.95. The van der Waals surface area contributed by atoms with Crippen LogP contribution in [-0.4, -0.2) is 17.8 Å². The molecule has 1 unspecified atom stereocenters. The van der Waals surface area contributed by atoms with Gasteiger partial charge in [0.15, 0.2) is 0 Å². The highest BCUT2D eigenvalue weighted by Gasteiger charge is 2.17. The molecule has 2 N–H and O–H groups in total. The minimum atomic E-state index is 0.133. The quantitative estimate of drug-likeness (QED) is 0.836. The van der Waals surface area contributed by atoms with Crippen molar-refractivity contribution in [2.75, 3.05) is 11.9 Å². The number of hydrogen-bond acceptors (Lipinski definition) is 2. The minimum Gasteiger partial charge on any atom is -0.394 e. The Labute approximate surface area is 106 Å². The molecular weight excluding hydrogens is 266 g/mol. The number of hydrogen-bond donors (Lipinski definition) is 2. The van der Waals surface area contributed by atoms with Crippen LogP contribution in [0.3, 0.4) is 0 Å². The van der Waals surface area contributed by atoms with Crippen molar-refractivity contribution in [1.29, 1.82) is 0 Å². The fraction of sp³-hybridized carbons (Fsp3) is 0.538. The van der Waals surface area contributed by atoms with Crippen LogP contribution in [0.5, 0.6) is 0 Å². The third-order valence-corrected chi connectivity index (χ3v) is 3.72. The summed E-state index contributed by atoms with van der Waals surface area (Å²) in [6.07, 6.45) is 2.17. The number of para-hydroxylation sites is 1. The van der Waals surface area contributed by atoms with Crippen molar-refractivity contribution in [3.8, 4) is 0 Å². The molecular formula is C13H20BrNO. The average Bonchev–Trinajstić information content (AvgIpc) is 2.31. The molecule has 3 heteroatoms. The third-order valence-electron chi connectivity index (χ3n) is 3.03. The second-order valence-corrected chi connectivity index (χ2v) is 4.84. The van der Waals surface area contributed by atoms with E-state index in [4.69, 9.17) is 0 Å². The van der Waals surface area contributed by atoms with Gasteiger partial charge in [0.1, 0.15) is 0 Å². The Hall–Kier alpha value is -0.540. The molecule has 0 heterocycles. The van der Waals surface area contributed by atoms with Gasteiger partial charge in [-0.2, -0.15) is 0 Å². The van der Waals surface area contributed by atoms with Crippen molar-refractivity contribution in [2.45, 2.75) is 32.7 Å². The zero-order valence-corrected chi connectivity index (χ0v) is 11.5. The highest BCUT2D eigenvalue weighted by atomic mass is 79.9. The summed E-state index contributed by atoms with van der Waals surface area (Å²) in [5.41, 5.74) is 1.05. The molecule has 0 bridgehead atoms. The summed E-state index contributed by atoms with van der Waals surface area (Å²) >= 11 is 3.50. The van der Waals surface area contributed by atoms with Gasteiger partial charge in [0.05, 0.1) is 12.6 Å². The van der Waals surface area contributed by atoms with Gasteiger partial charge in [-0.3, -0.25) is 0 Å². The number of aliphatic hydroxyl groups excluding tert-OH is 1. The molecule has 0 aliphatic carbocycles. The van der Waals surface area contributed by atoms with E-state index in [0.29, 0.717) is 5.92 Å². The van der Waals surface area contributed by atoms with Crippen molar-refractivity contribution in [3.05, 3.63) is 28.7 Å². The Morgan fingerprint density at radius 2 is 1.88 bits per heavy atom. The number of aliphatic hydroxyl groups is 1. The van der Waals surface area contributed by atoms with Crippen LogP contribution >= 0.6 is 15.9 Å². The monoisotopic (exact) mass is 285 g/mol. The Morgan fingerprint density at radius 3 is 2.38 bits per heavy atom. The molecule has 0 aromatic heterocycles. The van der Waals surface area contributed by atoms with E-state index in [1.807, 2.05) is 24.3 Å². The number of benzene rings is 1. The van der Waals surface area contributed by atoms with Gasteiger partial charge in [0.2, 0.25) is 0 Å². The van der Waals surface area contributed by atoms with Gasteiger partial charge in [-0.05, 0) is 34.0 Å². The zero-order valence-electron chi connectivity index (χ0n) is 9.91. The summed E-state index contributed by atoms with van der Waals surface area (Å²) in [4.78, 5) is 0. The Balaban J connectivity index is 2.73. The summed E-state index contributed by atoms with van der Waals surface area (Å²) in [6, 6.07) is 8.14. The second-order valence-electron chi connectivity index (χ2n) is 3.99.